The van der Waals surface area contributed by atoms with Crippen LogP contribution in [0.1, 0.15) is 38.9 Å². The van der Waals surface area contributed by atoms with Gasteiger partial charge in [0, 0.05) is 46.0 Å². The van der Waals surface area contributed by atoms with Crippen LogP contribution in [0.5, 0.6) is 5.75 Å². The minimum Gasteiger partial charge on any atom is -0.487 e. The third-order valence-corrected chi connectivity index (χ3v) is 6.38. The van der Waals surface area contributed by atoms with E-state index in [9.17, 15) is 14.4 Å². The maximum absolute atomic E-state index is 12.9. The Kier molecular flexibility index (Phi) is 4.92. The highest BCUT2D eigenvalue weighted by Gasteiger charge is 2.32. The van der Waals surface area contributed by atoms with Gasteiger partial charge in [0.15, 0.2) is 0 Å². The largest absolute Gasteiger partial charge is 0.487 e. The number of benzene rings is 3. The number of carbonyl (C=O) groups is 2. The first-order valence-corrected chi connectivity index (χ1v) is 11.5. The maximum atomic E-state index is 12.9. The first-order chi connectivity index (χ1) is 17.4. The molecule has 6 rings (SSSR count). The molecule has 178 valence electrons. The Balaban J connectivity index is 1.31. The molecule has 3 heterocycles. The Morgan fingerprint density at radius 1 is 0.944 bits per heavy atom. The van der Waals surface area contributed by atoms with Crippen LogP contribution in [-0.2, 0) is 6.61 Å². The van der Waals surface area contributed by atoms with Crippen molar-refractivity contribution in [2.75, 3.05) is 6.54 Å². The number of carbonyl (C=O) groups excluding carboxylic acids is 2. The van der Waals surface area contributed by atoms with E-state index in [4.69, 9.17) is 9.15 Å². The summed E-state index contributed by atoms with van der Waals surface area (Å²) in [5, 5.41) is 10.7. The van der Waals surface area contributed by atoms with Crippen LogP contribution in [0.15, 0.2) is 70.0 Å². The van der Waals surface area contributed by atoms with Crippen molar-refractivity contribution in [1.29, 1.82) is 0 Å². The van der Waals surface area contributed by atoms with Gasteiger partial charge in [-0.1, -0.05) is 17.3 Å². The molecule has 0 unspecified atom stereocenters. The minimum absolute atomic E-state index is 0.144. The number of amides is 2. The molecule has 2 amide bonds. The molecule has 0 radical (unpaired) electrons. The van der Waals surface area contributed by atoms with E-state index in [0.717, 1.165) is 16.3 Å². The van der Waals surface area contributed by atoms with Gasteiger partial charge in [0.25, 0.3) is 11.8 Å². The number of rotatable bonds is 5. The summed E-state index contributed by atoms with van der Waals surface area (Å²) in [6, 6.07) is 15.7. The van der Waals surface area contributed by atoms with E-state index < -0.39 is 5.63 Å². The average Bonchev–Trinajstić information content (AvgIpc) is 3.34. The van der Waals surface area contributed by atoms with Gasteiger partial charge in [-0.25, -0.2) is 9.48 Å². The number of imide groups is 1. The molecule has 9 nitrogen and oxygen atoms in total. The zero-order valence-corrected chi connectivity index (χ0v) is 19.5. The fourth-order valence-corrected chi connectivity index (χ4v) is 4.65. The lowest BCUT2D eigenvalue weighted by Crippen LogP contribution is -2.40. The van der Waals surface area contributed by atoms with Crippen LogP contribution < -0.4 is 10.4 Å². The van der Waals surface area contributed by atoms with E-state index in [2.05, 4.69) is 10.3 Å². The number of hydrogen-bond acceptors (Lipinski definition) is 7. The summed E-state index contributed by atoms with van der Waals surface area (Å²) in [6.45, 7) is 4.09. The molecule has 0 aliphatic carbocycles. The number of fused-ring (bicyclic) bond motifs is 1. The summed E-state index contributed by atoms with van der Waals surface area (Å²) in [5.74, 6) is -0.0661. The highest BCUT2D eigenvalue weighted by atomic mass is 16.5. The van der Waals surface area contributed by atoms with Crippen molar-refractivity contribution in [3.63, 3.8) is 0 Å². The highest BCUT2D eigenvalue weighted by molar-refractivity contribution is 6.26. The molecule has 0 spiro atoms. The van der Waals surface area contributed by atoms with Crippen LogP contribution >= 0.6 is 0 Å². The molecule has 0 fully saturated rings. The van der Waals surface area contributed by atoms with Gasteiger partial charge in [0.05, 0.1) is 11.9 Å². The van der Waals surface area contributed by atoms with Gasteiger partial charge in [0.1, 0.15) is 23.6 Å². The standard InChI is InChI=1S/C27H20N4O5/c1-3-30-26(33)20-6-4-5-19-22(10-9-21(25(19)20)27(30)34)31-13-16(28-29-31)14-35-17-7-8-18-15(2)11-24(32)36-23(18)12-17/h4-13H,3,14H2,1-2H3. The lowest BCUT2D eigenvalue weighted by Gasteiger charge is -2.26. The molecule has 3 aromatic carbocycles. The Bertz CT molecular complexity index is 1750. The van der Waals surface area contributed by atoms with E-state index in [1.165, 1.54) is 11.0 Å². The van der Waals surface area contributed by atoms with Gasteiger partial charge in [-0.05, 0) is 49.7 Å². The zero-order valence-electron chi connectivity index (χ0n) is 19.5. The molecule has 36 heavy (non-hydrogen) atoms. The van der Waals surface area contributed by atoms with Crippen molar-refractivity contribution in [3.8, 4) is 11.4 Å². The van der Waals surface area contributed by atoms with Gasteiger partial charge < -0.3 is 9.15 Å². The Morgan fingerprint density at radius 2 is 1.75 bits per heavy atom. The topological polar surface area (TPSA) is 108 Å². The van der Waals surface area contributed by atoms with E-state index in [1.54, 1.807) is 54.2 Å². The fraction of sp³-hybridized carbons (Fsp3) is 0.148. The number of hydrogen-bond donors (Lipinski definition) is 0. The molecule has 1 aliphatic rings. The number of ether oxygens (including phenoxy) is 1. The zero-order chi connectivity index (χ0) is 25.0. The summed E-state index contributed by atoms with van der Waals surface area (Å²) < 4.78 is 12.7. The second-order valence-corrected chi connectivity index (χ2v) is 8.56. The predicted octanol–water partition coefficient (Wildman–Crippen LogP) is 4.03. The fourth-order valence-electron chi connectivity index (χ4n) is 4.65. The number of aromatic nitrogens is 3. The first-order valence-electron chi connectivity index (χ1n) is 11.5. The molecule has 0 atom stereocenters. The van der Waals surface area contributed by atoms with Crippen LogP contribution in [0.2, 0.25) is 0 Å². The molecule has 1 aliphatic heterocycles. The minimum atomic E-state index is -0.410. The Hall–Kier alpha value is -4.79. The van der Waals surface area contributed by atoms with Crippen LogP contribution in [-0.4, -0.2) is 38.3 Å². The van der Waals surface area contributed by atoms with E-state index >= 15 is 0 Å². The van der Waals surface area contributed by atoms with Gasteiger partial charge in [-0.2, -0.15) is 0 Å². The maximum Gasteiger partial charge on any atom is 0.336 e. The summed E-state index contributed by atoms with van der Waals surface area (Å²) in [4.78, 5) is 38.7. The van der Waals surface area contributed by atoms with Crippen LogP contribution in [0.3, 0.4) is 0 Å². The lowest BCUT2D eigenvalue weighted by atomic mass is 9.93. The van der Waals surface area contributed by atoms with Crippen molar-refractivity contribution < 1.29 is 18.7 Å². The monoisotopic (exact) mass is 480 g/mol. The smallest absolute Gasteiger partial charge is 0.336 e. The van der Waals surface area contributed by atoms with E-state index in [-0.39, 0.29) is 18.4 Å². The third-order valence-electron chi connectivity index (χ3n) is 6.38. The molecule has 2 aromatic heterocycles. The quantitative estimate of drug-likeness (QED) is 0.276. The van der Waals surface area contributed by atoms with Crippen LogP contribution in [0.25, 0.3) is 27.4 Å². The van der Waals surface area contributed by atoms with Gasteiger partial charge in [-0.3, -0.25) is 14.5 Å². The summed E-state index contributed by atoms with van der Waals surface area (Å²) in [5.41, 5.74) is 3.14. The molecular weight excluding hydrogens is 460 g/mol. The van der Waals surface area contributed by atoms with Crippen LogP contribution in [0.4, 0.5) is 0 Å². The highest BCUT2D eigenvalue weighted by Crippen LogP contribution is 2.33. The number of nitrogens with zero attached hydrogens (tertiary/aromatic N) is 4. The molecule has 9 heteroatoms. The van der Waals surface area contributed by atoms with Crippen molar-refractivity contribution >= 4 is 33.6 Å². The summed E-state index contributed by atoms with van der Waals surface area (Å²) in [6.07, 6.45) is 1.74. The van der Waals surface area contributed by atoms with Crippen molar-refractivity contribution in [2.45, 2.75) is 20.5 Å². The molecular formula is C27H20N4O5. The third kappa shape index (κ3) is 3.36. The molecule has 0 saturated carbocycles. The van der Waals surface area contributed by atoms with Crippen LogP contribution in [0, 0.1) is 6.92 Å². The van der Waals surface area contributed by atoms with Gasteiger partial charge in [-0.15, -0.1) is 5.10 Å². The molecule has 0 bridgehead atoms. The SMILES string of the molecule is CCN1C(=O)c2cccc3c(-n4cc(COc5ccc6c(C)cc(=O)oc6c5)nn4)ccc(c23)C1=O. The lowest BCUT2D eigenvalue weighted by molar-refractivity contribution is 0.0619. The van der Waals surface area contributed by atoms with Crippen molar-refractivity contribution in [2.24, 2.45) is 0 Å². The molecule has 0 N–H and O–H groups in total. The van der Waals surface area contributed by atoms with Crippen molar-refractivity contribution in [1.82, 2.24) is 19.9 Å². The number of aryl methyl sites for hydroxylation is 1. The second kappa shape index (κ2) is 8.16. The summed E-state index contributed by atoms with van der Waals surface area (Å²) in [7, 11) is 0. The second-order valence-electron chi connectivity index (χ2n) is 8.56. The predicted molar refractivity (Wildman–Crippen MR) is 131 cm³/mol. The molecule has 5 aromatic rings. The summed E-state index contributed by atoms with van der Waals surface area (Å²) >= 11 is 0. The average molecular weight is 480 g/mol. The molecule has 0 saturated heterocycles. The van der Waals surface area contributed by atoms with Gasteiger partial charge >= 0.3 is 5.63 Å². The van der Waals surface area contributed by atoms with E-state index in [1.807, 2.05) is 19.1 Å². The van der Waals surface area contributed by atoms with Crippen molar-refractivity contribution in [3.05, 3.63) is 93.6 Å². The van der Waals surface area contributed by atoms with Gasteiger partial charge in [0.2, 0.25) is 0 Å². The Labute approximate surface area is 204 Å². The normalized spacial score (nSPS) is 13.1. The first kappa shape index (κ1) is 21.7. The van der Waals surface area contributed by atoms with E-state index in [0.29, 0.717) is 45.8 Å². The Morgan fingerprint density at radius 3 is 2.56 bits per heavy atom.